The SMILES string of the molecule is CCOc1cc(=O)n(C)cc1-c1cc(NS(=O)(=O)CC)ccc1OC1=CCN(C(C)=O)C=C1. The van der Waals surface area contributed by atoms with E-state index in [1.165, 1.54) is 22.5 Å². The molecule has 176 valence electrons. The molecule has 0 saturated heterocycles. The summed E-state index contributed by atoms with van der Waals surface area (Å²) in [6, 6.07) is 6.27. The van der Waals surface area contributed by atoms with E-state index in [2.05, 4.69) is 4.72 Å². The first kappa shape index (κ1) is 24.1. The number of benzene rings is 1. The molecule has 0 spiro atoms. The number of carbonyl (C=O) groups is 1. The van der Waals surface area contributed by atoms with Crippen molar-refractivity contribution >= 4 is 21.6 Å². The number of aromatic nitrogens is 1. The Morgan fingerprint density at radius 2 is 1.91 bits per heavy atom. The number of rotatable bonds is 8. The highest BCUT2D eigenvalue weighted by atomic mass is 32.2. The summed E-state index contributed by atoms with van der Waals surface area (Å²) < 4.78 is 40.0. The summed E-state index contributed by atoms with van der Waals surface area (Å²) in [6.45, 7) is 5.55. The van der Waals surface area contributed by atoms with Gasteiger partial charge in [0.05, 0.1) is 12.4 Å². The molecule has 1 aromatic heterocycles. The van der Waals surface area contributed by atoms with Crippen molar-refractivity contribution < 1.29 is 22.7 Å². The Kier molecular flexibility index (Phi) is 7.27. The summed E-state index contributed by atoms with van der Waals surface area (Å²) in [5.41, 5.74) is 1.21. The molecule has 0 saturated carbocycles. The Hall–Kier alpha value is -3.53. The lowest BCUT2D eigenvalue weighted by Crippen LogP contribution is -2.25. The highest BCUT2D eigenvalue weighted by Crippen LogP contribution is 2.38. The number of anilines is 1. The van der Waals surface area contributed by atoms with Crippen LogP contribution in [0.1, 0.15) is 20.8 Å². The summed E-state index contributed by atoms with van der Waals surface area (Å²) >= 11 is 0. The number of allylic oxidation sites excluding steroid dienone is 1. The Balaban J connectivity index is 2.10. The molecule has 0 bridgehead atoms. The number of hydrogen-bond donors (Lipinski definition) is 1. The number of carbonyl (C=O) groups excluding carboxylic acids is 1. The Bertz CT molecular complexity index is 1280. The molecule has 2 aromatic rings. The molecule has 1 aliphatic rings. The van der Waals surface area contributed by atoms with Crippen molar-refractivity contribution in [2.45, 2.75) is 20.8 Å². The van der Waals surface area contributed by atoms with Crippen molar-refractivity contribution in [2.24, 2.45) is 7.05 Å². The van der Waals surface area contributed by atoms with E-state index in [9.17, 15) is 18.0 Å². The fourth-order valence-corrected chi connectivity index (χ4v) is 3.78. The number of aryl methyl sites for hydroxylation is 1. The van der Waals surface area contributed by atoms with Crippen LogP contribution < -0.4 is 19.8 Å². The Morgan fingerprint density at radius 3 is 2.52 bits per heavy atom. The maximum Gasteiger partial charge on any atom is 0.254 e. The molecule has 0 aliphatic carbocycles. The highest BCUT2D eigenvalue weighted by Gasteiger charge is 2.18. The van der Waals surface area contributed by atoms with E-state index in [-0.39, 0.29) is 17.2 Å². The predicted octanol–water partition coefficient (Wildman–Crippen LogP) is 2.85. The third kappa shape index (κ3) is 5.83. The molecular weight excluding hydrogens is 446 g/mol. The maximum atomic E-state index is 12.2. The molecule has 0 fully saturated rings. The fraction of sp³-hybridized carbons (Fsp3) is 0.304. The van der Waals surface area contributed by atoms with Gasteiger partial charge in [0.25, 0.3) is 5.56 Å². The van der Waals surface area contributed by atoms with Crippen molar-refractivity contribution in [1.82, 2.24) is 9.47 Å². The Morgan fingerprint density at radius 1 is 1.15 bits per heavy atom. The molecule has 0 unspecified atom stereocenters. The first-order valence-electron chi connectivity index (χ1n) is 10.4. The van der Waals surface area contributed by atoms with Gasteiger partial charge in [-0.05, 0) is 44.2 Å². The maximum absolute atomic E-state index is 12.2. The molecular formula is C23H27N3O6S. The number of nitrogens with one attached hydrogen (secondary N) is 1. The molecule has 3 rings (SSSR count). The third-order valence-corrected chi connectivity index (χ3v) is 6.26. The summed E-state index contributed by atoms with van der Waals surface area (Å²) in [7, 11) is -1.88. The van der Waals surface area contributed by atoms with E-state index in [0.717, 1.165) is 0 Å². The minimum atomic E-state index is -3.50. The molecule has 0 radical (unpaired) electrons. The average molecular weight is 474 g/mol. The predicted molar refractivity (Wildman–Crippen MR) is 127 cm³/mol. The normalized spacial score (nSPS) is 13.5. The van der Waals surface area contributed by atoms with E-state index >= 15 is 0 Å². The van der Waals surface area contributed by atoms with Crippen LogP contribution >= 0.6 is 0 Å². The van der Waals surface area contributed by atoms with Crippen LogP contribution in [-0.4, -0.2) is 42.7 Å². The van der Waals surface area contributed by atoms with Crippen molar-refractivity contribution in [3.63, 3.8) is 0 Å². The monoisotopic (exact) mass is 473 g/mol. The minimum absolute atomic E-state index is 0.0745. The average Bonchev–Trinajstić information content (AvgIpc) is 2.77. The number of hydrogen-bond acceptors (Lipinski definition) is 6. The van der Waals surface area contributed by atoms with Crippen LogP contribution in [0, 0.1) is 0 Å². The first-order chi connectivity index (χ1) is 15.6. The van der Waals surface area contributed by atoms with Crippen LogP contribution in [0.5, 0.6) is 11.5 Å². The second-order valence-corrected chi connectivity index (χ2v) is 9.36. The fourth-order valence-electron chi connectivity index (χ4n) is 3.15. The topological polar surface area (TPSA) is 107 Å². The summed E-state index contributed by atoms with van der Waals surface area (Å²) in [4.78, 5) is 25.3. The van der Waals surface area contributed by atoms with Gasteiger partial charge in [0.15, 0.2) is 0 Å². The lowest BCUT2D eigenvalue weighted by Gasteiger charge is -2.21. The number of sulfonamides is 1. The Labute approximate surface area is 193 Å². The van der Waals surface area contributed by atoms with Gasteiger partial charge in [-0.2, -0.15) is 0 Å². The van der Waals surface area contributed by atoms with Crippen molar-refractivity contribution in [1.29, 1.82) is 0 Å². The molecule has 9 nitrogen and oxygen atoms in total. The van der Waals surface area contributed by atoms with E-state index in [1.807, 2.05) is 6.92 Å². The number of ether oxygens (including phenoxy) is 2. The van der Waals surface area contributed by atoms with Crippen molar-refractivity contribution in [3.8, 4) is 22.6 Å². The van der Waals surface area contributed by atoms with Gasteiger partial charge in [0.2, 0.25) is 15.9 Å². The molecule has 1 amide bonds. The number of amides is 1. The summed E-state index contributed by atoms with van der Waals surface area (Å²) in [6.07, 6.45) is 6.70. The number of nitrogens with zero attached hydrogens (tertiary/aromatic N) is 2. The van der Waals surface area contributed by atoms with Crippen LogP contribution in [0.4, 0.5) is 5.69 Å². The molecule has 1 N–H and O–H groups in total. The lowest BCUT2D eigenvalue weighted by molar-refractivity contribution is -0.125. The van der Waals surface area contributed by atoms with Gasteiger partial charge in [-0.15, -0.1) is 0 Å². The van der Waals surface area contributed by atoms with Crippen molar-refractivity contribution in [2.75, 3.05) is 23.6 Å². The summed E-state index contributed by atoms with van der Waals surface area (Å²) in [5, 5.41) is 0. The van der Waals surface area contributed by atoms with Gasteiger partial charge in [-0.1, -0.05) is 0 Å². The van der Waals surface area contributed by atoms with E-state index in [0.29, 0.717) is 47.2 Å². The van der Waals surface area contributed by atoms with Crippen LogP contribution in [0.2, 0.25) is 0 Å². The molecule has 10 heteroatoms. The van der Waals surface area contributed by atoms with E-state index < -0.39 is 10.0 Å². The van der Waals surface area contributed by atoms with Crippen LogP contribution in [0.15, 0.2) is 59.4 Å². The van der Waals surface area contributed by atoms with Gasteiger partial charge in [-0.3, -0.25) is 14.3 Å². The van der Waals surface area contributed by atoms with Gasteiger partial charge < -0.3 is 18.9 Å². The molecule has 33 heavy (non-hydrogen) atoms. The minimum Gasteiger partial charge on any atom is -0.493 e. The highest BCUT2D eigenvalue weighted by molar-refractivity contribution is 7.92. The van der Waals surface area contributed by atoms with Gasteiger partial charge in [0.1, 0.15) is 17.3 Å². The largest absolute Gasteiger partial charge is 0.493 e. The zero-order chi connectivity index (χ0) is 24.2. The number of pyridine rings is 1. The zero-order valence-corrected chi connectivity index (χ0v) is 19.8. The summed E-state index contributed by atoms with van der Waals surface area (Å²) in [5.74, 6) is 1.16. The zero-order valence-electron chi connectivity index (χ0n) is 19.0. The first-order valence-corrected chi connectivity index (χ1v) is 12.1. The molecule has 1 aliphatic heterocycles. The van der Waals surface area contributed by atoms with Gasteiger partial charge in [0, 0.05) is 55.8 Å². The second kappa shape index (κ2) is 9.95. The van der Waals surface area contributed by atoms with Crippen LogP contribution in [0.25, 0.3) is 11.1 Å². The quantitative estimate of drug-likeness (QED) is 0.632. The smallest absolute Gasteiger partial charge is 0.254 e. The van der Waals surface area contributed by atoms with Crippen molar-refractivity contribution in [3.05, 3.63) is 64.9 Å². The van der Waals surface area contributed by atoms with Crippen LogP contribution in [0.3, 0.4) is 0 Å². The van der Waals surface area contributed by atoms with Crippen LogP contribution in [-0.2, 0) is 21.9 Å². The standard InChI is InChI=1S/C23H27N3O6S/c1-5-31-22-14-23(28)25(4)15-20(22)19-13-17(24-33(29,30)6-2)7-8-21(19)32-18-9-11-26(12-10-18)16(3)27/h7-11,13-15,24H,5-6,12H2,1-4H3. The molecule has 2 heterocycles. The third-order valence-electron chi connectivity index (χ3n) is 4.95. The van der Waals surface area contributed by atoms with Gasteiger partial charge in [-0.25, -0.2) is 8.42 Å². The molecule has 0 atom stereocenters. The van der Waals surface area contributed by atoms with Gasteiger partial charge >= 0.3 is 0 Å². The lowest BCUT2D eigenvalue weighted by atomic mass is 10.0. The molecule has 1 aromatic carbocycles. The van der Waals surface area contributed by atoms with E-state index in [4.69, 9.17) is 9.47 Å². The second-order valence-electron chi connectivity index (χ2n) is 7.35. The van der Waals surface area contributed by atoms with E-state index in [1.54, 1.807) is 56.7 Å².